The first-order valence-corrected chi connectivity index (χ1v) is 8.64. The summed E-state index contributed by atoms with van der Waals surface area (Å²) in [4.78, 5) is 25.8. The van der Waals surface area contributed by atoms with Crippen LogP contribution < -0.4 is 10.9 Å². The molecule has 2 rings (SSSR count). The average molecular weight is 313 g/mol. The molecular formula is C13H19N3O4S. The molecule has 1 aliphatic heterocycles. The first-order valence-electron chi connectivity index (χ1n) is 6.79. The van der Waals surface area contributed by atoms with E-state index in [1.54, 1.807) is 6.07 Å². The van der Waals surface area contributed by atoms with Crippen LogP contribution in [0.2, 0.25) is 0 Å². The van der Waals surface area contributed by atoms with E-state index in [1.165, 1.54) is 22.8 Å². The van der Waals surface area contributed by atoms with Gasteiger partial charge < -0.3 is 10.3 Å². The first kappa shape index (κ1) is 15.7. The molecule has 1 fully saturated rings. The molecule has 1 amide bonds. The first-order chi connectivity index (χ1) is 9.88. The van der Waals surface area contributed by atoms with E-state index >= 15 is 0 Å². The molecule has 0 atom stereocenters. The van der Waals surface area contributed by atoms with Gasteiger partial charge >= 0.3 is 0 Å². The lowest BCUT2D eigenvalue weighted by molar-refractivity contribution is 0.0940. The number of aromatic amines is 1. The van der Waals surface area contributed by atoms with Crippen molar-refractivity contribution in [1.82, 2.24) is 14.6 Å². The second kappa shape index (κ2) is 6.40. The molecule has 8 heteroatoms. The Morgan fingerprint density at radius 3 is 2.67 bits per heavy atom. The molecule has 1 aromatic heterocycles. The Bertz CT molecular complexity index is 660. The number of hydrogen-bond donors (Lipinski definition) is 2. The van der Waals surface area contributed by atoms with E-state index in [0.717, 1.165) is 0 Å². The van der Waals surface area contributed by atoms with Crippen molar-refractivity contribution in [3.8, 4) is 0 Å². The van der Waals surface area contributed by atoms with E-state index in [4.69, 9.17) is 0 Å². The molecular weight excluding hydrogens is 294 g/mol. The molecule has 0 aliphatic carbocycles. The number of carbonyl (C=O) groups is 1. The zero-order valence-electron chi connectivity index (χ0n) is 11.8. The van der Waals surface area contributed by atoms with Crippen molar-refractivity contribution in [1.29, 1.82) is 0 Å². The number of sulfonamides is 1. The van der Waals surface area contributed by atoms with Gasteiger partial charge in [-0.25, -0.2) is 12.7 Å². The second-order valence-corrected chi connectivity index (χ2v) is 7.21. The van der Waals surface area contributed by atoms with Crippen LogP contribution in [0.4, 0.5) is 0 Å². The summed E-state index contributed by atoms with van der Waals surface area (Å²) in [5.74, 6) is -0.169. The number of rotatable bonds is 4. The van der Waals surface area contributed by atoms with Crippen LogP contribution in [0.25, 0.3) is 0 Å². The molecule has 7 nitrogen and oxygen atoms in total. The summed E-state index contributed by atoms with van der Waals surface area (Å²) in [6.45, 7) is 1.40. The zero-order valence-corrected chi connectivity index (χ0v) is 12.6. The van der Waals surface area contributed by atoms with E-state index in [2.05, 4.69) is 10.3 Å². The van der Waals surface area contributed by atoms with Gasteiger partial charge in [0.1, 0.15) is 5.56 Å². The number of piperidine rings is 1. The maximum absolute atomic E-state index is 11.9. The lowest BCUT2D eigenvalue weighted by Crippen LogP contribution is -2.41. The van der Waals surface area contributed by atoms with Crippen molar-refractivity contribution < 1.29 is 13.2 Å². The summed E-state index contributed by atoms with van der Waals surface area (Å²) in [7, 11) is -3.13. The van der Waals surface area contributed by atoms with Crippen LogP contribution in [0.1, 0.15) is 23.2 Å². The maximum atomic E-state index is 11.9. The summed E-state index contributed by atoms with van der Waals surface area (Å²) in [6, 6.07) is 3.07. The van der Waals surface area contributed by atoms with Crippen LogP contribution in [-0.4, -0.2) is 49.5 Å². The fourth-order valence-electron chi connectivity index (χ4n) is 2.38. The van der Waals surface area contributed by atoms with Gasteiger partial charge in [-0.1, -0.05) is 0 Å². The summed E-state index contributed by atoms with van der Waals surface area (Å²) >= 11 is 0. The van der Waals surface area contributed by atoms with Gasteiger partial charge in [0.25, 0.3) is 11.5 Å². The van der Waals surface area contributed by atoms with Gasteiger partial charge in [0.15, 0.2) is 0 Å². The van der Waals surface area contributed by atoms with Crippen molar-refractivity contribution in [3.63, 3.8) is 0 Å². The van der Waals surface area contributed by atoms with Crippen LogP contribution in [0.15, 0.2) is 23.1 Å². The predicted octanol–water partition coefficient (Wildman–Crippen LogP) is -0.224. The highest BCUT2D eigenvalue weighted by Gasteiger charge is 2.25. The second-order valence-electron chi connectivity index (χ2n) is 5.23. The number of aromatic nitrogens is 1. The molecule has 1 aromatic rings. The summed E-state index contributed by atoms with van der Waals surface area (Å²) in [6.07, 6.45) is 4.09. The minimum Gasteiger partial charge on any atom is -0.352 e. The lowest BCUT2D eigenvalue weighted by Gasteiger charge is -2.30. The van der Waals surface area contributed by atoms with Crippen molar-refractivity contribution >= 4 is 15.9 Å². The van der Waals surface area contributed by atoms with Crippen molar-refractivity contribution in [2.75, 3.05) is 25.9 Å². The molecule has 2 heterocycles. The molecule has 0 bridgehead atoms. The van der Waals surface area contributed by atoms with Crippen LogP contribution in [0.3, 0.4) is 0 Å². The van der Waals surface area contributed by atoms with Gasteiger partial charge in [-0.15, -0.1) is 0 Å². The lowest BCUT2D eigenvalue weighted by atomic mass is 9.98. The largest absolute Gasteiger partial charge is 0.352 e. The number of amides is 1. The van der Waals surface area contributed by atoms with Gasteiger partial charge in [0, 0.05) is 25.8 Å². The predicted molar refractivity (Wildman–Crippen MR) is 78.5 cm³/mol. The molecule has 0 saturated carbocycles. The molecule has 0 unspecified atom stereocenters. The van der Waals surface area contributed by atoms with Crippen molar-refractivity contribution in [2.24, 2.45) is 5.92 Å². The fourth-order valence-corrected chi connectivity index (χ4v) is 3.25. The van der Waals surface area contributed by atoms with Gasteiger partial charge in [-0.3, -0.25) is 9.59 Å². The Hall–Kier alpha value is -1.67. The van der Waals surface area contributed by atoms with Gasteiger partial charge in [-0.2, -0.15) is 0 Å². The van der Waals surface area contributed by atoms with Gasteiger partial charge in [-0.05, 0) is 30.9 Å². The minimum absolute atomic E-state index is 0.0890. The smallest absolute Gasteiger partial charge is 0.260 e. The summed E-state index contributed by atoms with van der Waals surface area (Å²) < 4.78 is 24.3. The third kappa shape index (κ3) is 4.15. The third-order valence-corrected chi connectivity index (χ3v) is 4.96. The standard InChI is InChI=1S/C13H19N3O4S/c1-21(19,20)16-7-4-10(5-8-16)9-15-13(18)11-3-2-6-14-12(11)17/h2-3,6,10H,4-5,7-9H2,1H3,(H,14,17)(H,15,18). The van der Waals surface area contributed by atoms with E-state index in [-0.39, 0.29) is 11.5 Å². The molecule has 116 valence electrons. The number of H-pyrrole nitrogens is 1. The van der Waals surface area contributed by atoms with E-state index in [9.17, 15) is 18.0 Å². The Kier molecular flexibility index (Phi) is 4.79. The van der Waals surface area contributed by atoms with Crippen molar-refractivity contribution in [2.45, 2.75) is 12.8 Å². The number of nitrogens with one attached hydrogen (secondary N) is 2. The molecule has 0 spiro atoms. The van der Waals surface area contributed by atoms with Crippen LogP contribution in [0, 0.1) is 5.92 Å². The maximum Gasteiger partial charge on any atom is 0.260 e. The van der Waals surface area contributed by atoms with Crippen LogP contribution >= 0.6 is 0 Å². The zero-order chi connectivity index (χ0) is 15.5. The fraction of sp³-hybridized carbons (Fsp3) is 0.538. The number of pyridine rings is 1. The van der Waals surface area contributed by atoms with E-state index in [1.807, 2.05) is 0 Å². The Labute approximate surface area is 123 Å². The highest BCUT2D eigenvalue weighted by Crippen LogP contribution is 2.18. The van der Waals surface area contributed by atoms with Crippen LogP contribution in [-0.2, 0) is 10.0 Å². The third-order valence-electron chi connectivity index (χ3n) is 3.66. The Morgan fingerprint density at radius 2 is 2.10 bits per heavy atom. The topological polar surface area (TPSA) is 99.3 Å². The van der Waals surface area contributed by atoms with Crippen LogP contribution in [0.5, 0.6) is 0 Å². The quantitative estimate of drug-likeness (QED) is 0.802. The van der Waals surface area contributed by atoms with Gasteiger partial charge in [0.2, 0.25) is 10.0 Å². The minimum atomic E-state index is -3.13. The number of hydrogen-bond acceptors (Lipinski definition) is 4. The normalized spacial score (nSPS) is 17.6. The summed E-state index contributed by atoms with van der Waals surface area (Å²) in [5, 5.41) is 2.74. The number of nitrogens with zero attached hydrogens (tertiary/aromatic N) is 1. The molecule has 0 radical (unpaired) electrons. The monoisotopic (exact) mass is 313 g/mol. The molecule has 1 saturated heterocycles. The molecule has 1 aliphatic rings. The Morgan fingerprint density at radius 1 is 1.43 bits per heavy atom. The highest BCUT2D eigenvalue weighted by atomic mass is 32.2. The number of carbonyl (C=O) groups excluding carboxylic acids is 1. The average Bonchev–Trinajstić information content (AvgIpc) is 2.45. The molecule has 21 heavy (non-hydrogen) atoms. The Balaban J connectivity index is 1.84. The SMILES string of the molecule is CS(=O)(=O)N1CCC(CNC(=O)c2ccc[nH]c2=O)CC1. The van der Waals surface area contributed by atoms with Gasteiger partial charge in [0.05, 0.1) is 6.26 Å². The van der Waals surface area contributed by atoms with E-state index in [0.29, 0.717) is 32.5 Å². The summed E-state index contributed by atoms with van der Waals surface area (Å²) in [5.41, 5.74) is -0.326. The molecule has 2 N–H and O–H groups in total. The highest BCUT2D eigenvalue weighted by molar-refractivity contribution is 7.88. The molecule has 0 aromatic carbocycles. The van der Waals surface area contributed by atoms with Crippen molar-refractivity contribution in [3.05, 3.63) is 34.2 Å². The van der Waals surface area contributed by atoms with E-state index < -0.39 is 21.5 Å².